The number of hydrogen-bond donors (Lipinski definition) is 2. The van der Waals surface area contributed by atoms with Crippen molar-refractivity contribution < 1.29 is 13.0 Å². The molecule has 0 saturated heterocycles. The fourth-order valence-electron chi connectivity index (χ4n) is 1.36. The number of nitrogens with zero attached hydrogens (tertiary/aromatic N) is 1. The van der Waals surface area contributed by atoms with E-state index in [0.717, 1.165) is 19.3 Å². The molecular formula is C8H19ClN2O3S. The van der Waals surface area contributed by atoms with Gasteiger partial charge in [-0.15, -0.1) is 0 Å². The molecule has 7 heteroatoms. The van der Waals surface area contributed by atoms with Crippen molar-refractivity contribution in [2.45, 2.75) is 31.1 Å². The van der Waals surface area contributed by atoms with Crippen molar-refractivity contribution in [1.29, 1.82) is 0 Å². The quantitative estimate of drug-likeness (QED) is 0.387. The van der Waals surface area contributed by atoms with Crippen molar-refractivity contribution in [3.63, 3.8) is 0 Å². The zero-order valence-corrected chi connectivity index (χ0v) is 10.7. The van der Waals surface area contributed by atoms with E-state index in [1.807, 2.05) is 0 Å². The second-order valence-corrected chi connectivity index (χ2v) is 5.51. The van der Waals surface area contributed by atoms with Gasteiger partial charge in [-0.05, 0) is 38.7 Å². The molecule has 0 rings (SSSR count). The molecule has 0 saturated carbocycles. The van der Waals surface area contributed by atoms with Gasteiger partial charge in [-0.3, -0.25) is 9.45 Å². The molecule has 0 radical (unpaired) electrons. The van der Waals surface area contributed by atoms with Gasteiger partial charge < -0.3 is 0 Å². The van der Waals surface area contributed by atoms with Crippen LogP contribution in [0.2, 0.25) is 0 Å². The van der Waals surface area contributed by atoms with Gasteiger partial charge in [-0.25, -0.2) is 4.84 Å². The summed E-state index contributed by atoms with van der Waals surface area (Å²) in [7, 11) is -0.697. The van der Waals surface area contributed by atoms with E-state index >= 15 is 0 Å². The number of halogens is 1. The van der Waals surface area contributed by atoms with Crippen LogP contribution in [-0.2, 0) is 10.1 Å². The van der Waals surface area contributed by atoms with Gasteiger partial charge >= 0.3 is 0 Å². The van der Waals surface area contributed by atoms with E-state index in [0.29, 0.717) is 13.0 Å². The molecule has 0 spiro atoms. The number of unbranched alkanes of at least 4 members (excludes halogenated alkanes) is 2. The number of nitrogens with one attached hydrogen (secondary N) is 1. The minimum Gasteiger partial charge on any atom is -0.291 e. The van der Waals surface area contributed by atoms with Crippen LogP contribution in [0.1, 0.15) is 25.7 Å². The Labute approximate surface area is 96.6 Å². The average Bonchev–Trinajstić information content (AvgIpc) is 2.08. The molecule has 15 heavy (non-hydrogen) atoms. The van der Waals surface area contributed by atoms with Crippen LogP contribution in [0.25, 0.3) is 0 Å². The van der Waals surface area contributed by atoms with Crippen LogP contribution < -0.4 is 4.84 Å². The second-order valence-electron chi connectivity index (χ2n) is 3.67. The van der Waals surface area contributed by atoms with Crippen LogP contribution in [0.4, 0.5) is 0 Å². The summed E-state index contributed by atoms with van der Waals surface area (Å²) >= 11 is 5.27. The molecule has 5 nitrogen and oxygen atoms in total. The lowest BCUT2D eigenvalue weighted by Crippen LogP contribution is -2.35. The molecule has 0 aromatic heterocycles. The maximum Gasteiger partial charge on any atom is 0.281 e. The Hall–Kier alpha value is 0.120. The molecule has 1 unspecified atom stereocenters. The van der Waals surface area contributed by atoms with Crippen molar-refractivity contribution in [3.05, 3.63) is 0 Å². The third kappa shape index (κ3) is 7.08. The summed E-state index contributed by atoms with van der Waals surface area (Å²) in [6, 6.07) is 0. The maximum absolute atomic E-state index is 11.0. The highest BCUT2D eigenvalue weighted by Gasteiger charge is 2.24. The Kier molecular flexibility index (Phi) is 7.46. The highest BCUT2D eigenvalue weighted by atomic mass is 35.5. The van der Waals surface area contributed by atoms with Gasteiger partial charge in [0.2, 0.25) is 0 Å². The number of rotatable bonds is 8. The first kappa shape index (κ1) is 15.1. The van der Waals surface area contributed by atoms with Crippen LogP contribution in [0.5, 0.6) is 0 Å². The summed E-state index contributed by atoms with van der Waals surface area (Å²) in [6.07, 6.45) is 2.98. The lowest BCUT2D eigenvalue weighted by Gasteiger charge is -2.20. The predicted molar refractivity (Wildman–Crippen MR) is 61.3 cm³/mol. The largest absolute Gasteiger partial charge is 0.291 e. The fraction of sp³-hybridized carbons (Fsp3) is 1.00. The summed E-state index contributed by atoms with van der Waals surface area (Å²) in [5.41, 5.74) is 0. The summed E-state index contributed by atoms with van der Waals surface area (Å²) in [4.78, 5) is 4.01. The molecule has 0 aromatic rings. The lowest BCUT2D eigenvalue weighted by atomic mass is 10.2. The molecule has 0 bridgehead atoms. The van der Waals surface area contributed by atoms with Crippen LogP contribution in [0, 0.1) is 0 Å². The van der Waals surface area contributed by atoms with E-state index in [1.165, 1.54) is 4.90 Å². The van der Waals surface area contributed by atoms with Gasteiger partial charge in [0, 0.05) is 6.54 Å². The van der Waals surface area contributed by atoms with E-state index in [2.05, 4.69) is 4.84 Å². The zero-order valence-electron chi connectivity index (χ0n) is 9.11. The first-order valence-corrected chi connectivity index (χ1v) is 6.74. The summed E-state index contributed by atoms with van der Waals surface area (Å²) in [5.74, 6) is 0. The molecule has 0 aliphatic carbocycles. The van der Waals surface area contributed by atoms with Gasteiger partial charge in [0.15, 0.2) is 0 Å². The monoisotopic (exact) mass is 258 g/mol. The first-order chi connectivity index (χ1) is 6.89. The van der Waals surface area contributed by atoms with Gasteiger partial charge in [0.25, 0.3) is 10.1 Å². The zero-order chi connectivity index (χ0) is 11.9. The second kappa shape index (κ2) is 7.40. The van der Waals surface area contributed by atoms with E-state index in [1.54, 1.807) is 14.1 Å². The topological polar surface area (TPSA) is 69.6 Å². The Balaban J connectivity index is 3.89. The third-order valence-electron chi connectivity index (χ3n) is 2.14. The van der Waals surface area contributed by atoms with Crippen molar-refractivity contribution in [2.24, 2.45) is 0 Å². The van der Waals surface area contributed by atoms with Gasteiger partial charge in [-0.2, -0.15) is 8.42 Å². The van der Waals surface area contributed by atoms with E-state index in [-0.39, 0.29) is 0 Å². The maximum atomic E-state index is 11.0. The Bertz CT molecular complexity index is 257. The SMILES string of the molecule is CN(C)C(CCCCCNCl)S(=O)(=O)O. The molecule has 2 N–H and O–H groups in total. The molecule has 0 aliphatic heterocycles. The summed E-state index contributed by atoms with van der Waals surface area (Å²) in [6.45, 7) is 0.708. The average molecular weight is 259 g/mol. The van der Waals surface area contributed by atoms with Crippen LogP contribution in [0.15, 0.2) is 0 Å². The van der Waals surface area contributed by atoms with Gasteiger partial charge in [0.05, 0.1) is 0 Å². The molecule has 0 fully saturated rings. The van der Waals surface area contributed by atoms with E-state index in [9.17, 15) is 8.42 Å². The van der Waals surface area contributed by atoms with Crippen LogP contribution in [-0.4, -0.2) is 43.9 Å². The minimum atomic E-state index is -3.97. The molecule has 0 amide bonds. The molecule has 0 aliphatic rings. The normalized spacial score (nSPS) is 14.5. The Morgan fingerprint density at radius 2 is 1.93 bits per heavy atom. The molecule has 92 valence electrons. The van der Waals surface area contributed by atoms with Crippen molar-refractivity contribution in [1.82, 2.24) is 9.74 Å². The van der Waals surface area contributed by atoms with Crippen LogP contribution >= 0.6 is 11.8 Å². The molecular weight excluding hydrogens is 240 g/mol. The highest BCUT2D eigenvalue weighted by molar-refractivity contribution is 7.86. The lowest BCUT2D eigenvalue weighted by molar-refractivity contribution is 0.317. The Morgan fingerprint density at radius 1 is 1.33 bits per heavy atom. The van der Waals surface area contributed by atoms with E-state index < -0.39 is 15.5 Å². The summed E-state index contributed by atoms with van der Waals surface area (Å²) < 4.78 is 30.9. The standard InChI is InChI=1S/C8H19ClN2O3S/c1-11(2)8(15(12,13)14)6-4-3-5-7-10-9/h8,10H,3-7H2,1-2H3,(H,12,13,14). The van der Waals surface area contributed by atoms with Crippen molar-refractivity contribution in [2.75, 3.05) is 20.6 Å². The first-order valence-electron chi connectivity index (χ1n) is 4.86. The third-order valence-corrected chi connectivity index (χ3v) is 3.68. The molecule has 1 atom stereocenters. The minimum absolute atomic E-state index is 0.439. The van der Waals surface area contributed by atoms with Crippen molar-refractivity contribution >= 4 is 21.9 Å². The molecule has 0 heterocycles. The summed E-state index contributed by atoms with van der Waals surface area (Å²) in [5, 5.41) is -0.804. The van der Waals surface area contributed by atoms with E-state index in [4.69, 9.17) is 16.3 Å². The smallest absolute Gasteiger partial charge is 0.281 e. The van der Waals surface area contributed by atoms with Gasteiger partial charge in [0.1, 0.15) is 5.37 Å². The number of hydrogen-bond acceptors (Lipinski definition) is 4. The van der Waals surface area contributed by atoms with Crippen molar-refractivity contribution in [3.8, 4) is 0 Å². The highest BCUT2D eigenvalue weighted by Crippen LogP contribution is 2.12. The van der Waals surface area contributed by atoms with Gasteiger partial charge in [-0.1, -0.05) is 12.8 Å². The fourth-order valence-corrected chi connectivity index (χ4v) is 2.49. The predicted octanol–water partition coefficient (Wildman–Crippen LogP) is 1.07. The Morgan fingerprint density at radius 3 is 2.33 bits per heavy atom. The molecule has 0 aromatic carbocycles. The van der Waals surface area contributed by atoms with Crippen LogP contribution in [0.3, 0.4) is 0 Å².